The fourth-order valence-electron chi connectivity index (χ4n) is 1.81. The van der Waals surface area contributed by atoms with Gasteiger partial charge in [-0.3, -0.25) is 0 Å². The number of methoxy groups -OCH3 is 2. The lowest BCUT2D eigenvalue weighted by atomic mass is 10.1. The number of aromatic carboxylic acids is 1. The number of nitrogens with zero attached hydrogens (tertiary/aromatic N) is 1. The van der Waals surface area contributed by atoms with Gasteiger partial charge in [-0.2, -0.15) is 0 Å². The minimum atomic E-state index is -1.16. The number of carboxylic acid groups (broad SMARTS) is 1. The number of hydrogen-bond acceptors (Lipinski definition) is 5. The number of carbonyl (C=O) groups is 1. The molecule has 0 atom stereocenters. The Labute approximate surface area is 109 Å². The van der Waals surface area contributed by atoms with Gasteiger partial charge in [-0.15, -0.1) is 0 Å². The summed E-state index contributed by atoms with van der Waals surface area (Å²) in [6.07, 6.45) is 0. The second-order valence-electron chi connectivity index (χ2n) is 3.91. The van der Waals surface area contributed by atoms with E-state index in [1.54, 1.807) is 13.2 Å². The van der Waals surface area contributed by atoms with E-state index in [4.69, 9.17) is 19.1 Å². The summed E-state index contributed by atoms with van der Waals surface area (Å²) in [7, 11) is 3.09. The van der Waals surface area contributed by atoms with Gasteiger partial charge in [0.05, 0.1) is 14.2 Å². The van der Waals surface area contributed by atoms with E-state index in [0.29, 0.717) is 22.8 Å². The maximum atomic E-state index is 10.8. The van der Waals surface area contributed by atoms with Gasteiger partial charge in [-0.05, 0) is 24.6 Å². The normalized spacial score (nSPS) is 10.3. The molecule has 0 amide bonds. The number of ether oxygens (including phenoxy) is 2. The smallest absolute Gasteiger partial charge is 0.374 e. The molecule has 0 aliphatic heterocycles. The number of hydrogen-bond donors (Lipinski definition) is 1. The highest BCUT2D eigenvalue weighted by Crippen LogP contribution is 2.35. The van der Waals surface area contributed by atoms with Crippen molar-refractivity contribution in [2.45, 2.75) is 6.92 Å². The van der Waals surface area contributed by atoms with Crippen molar-refractivity contribution in [2.75, 3.05) is 14.2 Å². The summed E-state index contributed by atoms with van der Waals surface area (Å²) in [5.41, 5.74) is 1.99. The fraction of sp³-hybridized carbons (Fsp3) is 0.231. The molecule has 0 radical (unpaired) electrons. The molecule has 6 nitrogen and oxygen atoms in total. The molecule has 0 aliphatic rings. The summed E-state index contributed by atoms with van der Waals surface area (Å²) in [4.78, 5) is 10.8. The zero-order valence-electron chi connectivity index (χ0n) is 10.8. The van der Waals surface area contributed by atoms with E-state index in [-0.39, 0.29) is 5.76 Å². The lowest BCUT2D eigenvalue weighted by Gasteiger charge is -2.11. The Morgan fingerprint density at radius 2 is 2.00 bits per heavy atom. The Morgan fingerprint density at radius 3 is 2.53 bits per heavy atom. The quantitative estimate of drug-likeness (QED) is 0.911. The summed E-state index contributed by atoms with van der Waals surface area (Å²) in [6.45, 7) is 1.86. The van der Waals surface area contributed by atoms with Crippen LogP contribution in [0.15, 0.2) is 22.7 Å². The maximum absolute atomic E-state index is 10.8. The predicted octanol–water partition coefficient (Wildman–Crippen LogP) is 2.37. The first-order chi connectivity index (χ1) is 9.06. The van der Waals surface area contributed by atoms with Crippen LogP contribution in [0.25, 0.3) is 11.3 Å². The lowest BCUT2D eigenvalue weighted by molar-refractivity contribution is 0.0652. The fourth-order valence-corrected chi connectivity index (χ4v) is 1.81. The molecule has 1 N–H and O–H groups in total. The predicted molar refractivity (Wildman–Crippen MR) is 66.7 cm³/mol. The van der Waals surface area contributed by atoms with Crippen molar-refractivity contribution < 1.29 is 23.9 Å². The zero-order valence-corrected chi connectivity index (χ0v) is 10.8. The van der Waals surface area contributed by atoms with Crippen molar-refractivity contribution in [1.29, 1.82) is 0 Å². The third-order valence-corrected chi connectivity index (χ3v) is 2.68. The second-order valence-corrected chi connectivity index (χ2v) is 3.91. The monoisotopic (exact) mass is 263 g/mol. The lowest BCUT2D eigenvalue weighted by Crippen LogP contribution is -1.94. The molecule has 2 aromatic rings. The third kappa shape index (κ3) is 2.37. The number of rotatable bonds is 4. The largest absolute Gasteiger partial charge is 0.493 e. The topological polar surface area (TPSA) is 81.8 Å². The number of aromatic nitrogens is 1. The zero-order chi connectivity index (χ0) is 14.0. The number of aryl methyl sites for hydroxylation is 1. The Kier molecular flexibility index (Phi) is 3.41. The van der Waals surface area contributed by atoms with Gasteiger partial charge in [0.2, 0.25) is 5.76 Å². The Hall–Kier alpha value is -2.50. The van der Waals surface area contributed by atoms with E-state index < -0.39 is 5.97 Å². The van der Waals surface area contributed by atoms with Gasteiger partial charge in [0.15, 0.2) is 11.5 Å². The van der Waals surface area contributed by atoms with E-state index in [0.717, 1.165) is 5.56 Å². The minimum Gasteiger partial charge on any atom is -0.493 e. The van der Waals surface area contributed by atoms with Crippen LogP contribution >= 0.6 is 0 Å². The minimum absolute atomic E-state index is 0.206. The van der Waals surface area contributed by atoms with Crippen molar-refractivity contribution in [2.24, 2.45) is 0 Å². The standard InChI is InChI=1S/C13H13NO5/c1-7-4-8(5-10(17-2)12(7)18-3)9-6-11(13(15)16)19-14-9/h4-6H,1-3H3,(H,15,16). The molecule has 0 bridgehead atoms. The van der Waals surface area contributed by atoms with Crippen molar-refractivity contribution in [3.8, 4) is 22.8 Å². The van der Waals surface area contributed by atoms with Crippen LogP contribution in [0.1, 0.15) is 16.1 Å². The van der Waals surface area contributed by atoms with Gasteiger partial charge in [-0.1, -0.05) is 5.16 Å². The van der Waals surface area contributed by atoms with E-state index in [1.165, 1.54) is 13.2 Å². The molecule has 19 heavy (non-hydrogen) atoms. The summed E-state index contributed by atoms with van der Waals surface area (Å²) in [5.74, 6) is -0.177. The molecule has 0 saturated heterocycles. The van der Waals surface area contributed by atoms with E-state index >= 15 is 0 Å². The van der Waals surface area contributed by atoms with Crippen LogP contribution in [0.5, 0.6) is 11.5 Å². The van der Waals surface area contributed by atoms with E-state index in [1.807, 2.05) is 13.0 Å². The molecule has 6 heteroatoms. The molecule has 1 aromatic carbocycles. The molecular weight excluding hydrogens is 250 g/mol. The van der Waals surface area contributed by atoms with Crippen LogP contribution in [-0.4, -0.2) is 30.5 Å². The summed E-state index contributed by atoms with van der Waals surface area (Å²) < 4.78 is 15.2. The maximum Gasteiger partial charge on any atom is 0.374 e. The molecule has 1 heterocycles. The number of carboxylic acids is 1. The van der Waals surface area contributed by atoms with Crippen LogP contribution in [0.3, 0.4) is 0 Å². The van der Waals surface area contributed by atoms with Gasteiger partial charge < -0.3 is 19.1 Å². The van der Waals surface area contributed by atoms with Crippen molar-refractivity contribution in [3.05, 3.63) is 29.5 Å². The van der Waals surface area contributed by atoms with Gasteiger partial charge >= 0.3 is 5.97 Å². The highest BCUT2D eigenvalue weighted by molar-refractivity contribution is 5.85. The van der Waals surface area contributed by atoms with Gasteiger partial charge in [0.1, 0.15) is 5.69 Å². The molecule has 0 unspecified atom stereocenters. The molecule has 0 aliphatic carbocycles. The average molecular weight is 263 g/mol. The van der Waals surface area contributed by atoms with Crippen LogP contribution in [0, 0.1) is 6.92 Å². The van der Waals surface area contributed by atoms with Crippen LogP contribution in [0.4, 0.5) is 0 Å². The Bertz CT molecular complexity index is 617. The Balaban J connectivity index is 2.50. The average Bonchev–Trinajstić information content (AvgIpc) is 2.87. The molecular formula is C13H13NO5. The van der Waals surface area contributed by atoms with Crippen LogP contribution in [-0.2, 0) is 0 Å². The highest BCUT2D eigenvalue weighted by atomic mass is 16.5. The molecule has 0 saturated carbocycles. The third-order valence-electron chi connectivity index (χ3n) is 2.68. The van der Waals surface area contributed by atoms with Crippen LogP contribution < -0.4 is 9.47 Å². The van der Waals surface area contributed by atoms with Gasteiger partial charge in [-0.25, -0.2) is 4.79 Å². The van der Waals surface area contributed by atoms with Crippen LogP contribution in [0.2, 0.25) is 0 Å². The van der Waals surface area contributed by atoms with Crippen molar-refractivity contribution in [1.82, 2.24) is 5.16 Å². The first-order valence-electron chi connectivity index (χ1n) is 5.49. The first-order valence-corrected chi connectivity index (χ1v) is 5.49. The molecule has 2 rings (SSSR count). The molecule has 100 valence electrons. The SMILES string of the molecule is COc1cc(-c2cc(C(=O)O)on2)cc(C)c1OC. The molecule has 0 spiro atoms. The van der Waals surface area contributed by atoms with E-state index in [2.05, 4.69) is 5.16 Å². The summed E-state index contributed by atoms with van der Waals surface area (Å²) in [6, 6.07) is 4.91. The van der Waals surface area contributed by atoms with E-state index in [9.17, 15) is 4.79 Å². The Morgan fingerprint density at radius 1 is 1.26 bits per heavy atom. The molecule has 0 fully saturated rings. The summed E-state index contributed by atoms with van der Waals surface area (Å²) >= 11 is 0. The molecule has 1 aromatic heterocycles. The van der Waals surface area contributed by atoms with Gasteiger partial charge in [0, 0.05) is 11.6 Å². The highest BCUT2D eigenvalue weighted by Gasteiger charge is 2.15. The van der Waals surface area contributed by atoms with Crippen molar-refractivity contribution in [3.63, 3.8) is 0 Å². The summed E-state index contributed by atoms with van der Waals surface area (Å²) in [5, 5.41) is 12.5. The van der Waals surface area contributed by atoms with Gasteiger partial charge in [0.25, 0.3) is 0 Å². The number of benzene rings is 1. The first kappa shape index (κ1) is 12.9. The second kappa shape index (κ2) is 5.01. The van der Waals surface area contributed by atoms with Crippen molar-refractivity contribution >= 4 is 5.97 Å².